The molecular weight excluding hydrogens is 326 g/mol. The van der Waals surface area contributed by atoms with E-state index in [0.717, 1.165) is 0 Å². The first-order valence-electron chi connectivity index (χ1n) is 7.43. The van der Waals surface area contributed by atoms with Crippen LogP contribution >= 0.6 is 0 Å². The number of fused-ring (bicyclic) bond motifs is 1. The third-order valence-corrected chi connectivity index (χ3v) is 3.35. The zero-order valence-electron chi connectivity index (χ0n) is 13.2. The van der Waals surface area contributed by atoms with Gasteiger partial charge < -0.3 is 15.7 Å². The van der Waals surface area contributed by atoms with Gasteiger partial charge in [-0.25, -0.2) is 19.9 Å². The number of nitrogens with zero attached hydrogens (tertiary/aromatic N) is 5. The zero-order chi connectivity index (χ0) is 17.8. The molecule has 0 aliphatic carbocycles. The maximum Gasteiger partial charge on any atom is 0.271 e. The molecule has 0 fully saturated rings. The summed E-state index contributed by atoms with van der Waals surface area (Å²) in [5.74, 6) is 0.721. The van der Waals surface area contributed by atoms with Crippen LogP contribution in [-0.4, -0.2) is 42.6 Å². The van der Waals surface area contributed by atoms with Crippen molar-refractivity contribution in [3.63, 3.8) is 0 Å². The van der Waals surface area contributed by atoms with Crippen LogP contribution in [0.2, 0.25) is 0 Å². The molecule has 0 saturated carbocycles. The van der Waals surface area contributed by atoms with Crippen molar-refractivity contribution in [1.29, 1.82) is 0 Å². The van der Waals surface area contributed by atoms with Crippen LogP contribution in [0, 0.1) is 10.1 Å². The minimum absolute atomic E-state index is 0.0305. The number of aromatic nitrogens is 4. The summed E-state index contributed by atoms with van der Waals surface area (Å²) in [4.78, 5) is 27.2. The van der Waals surface area contributed by atoms with Gasteiger partial charge in [-0.05, 0) is 13.0 Å². The summed E-state index contributed by atoms with van der Waals surface area (Å²) in [5, 5.41) is 26.0. The van der Waals surface area contributed by atoms with Crippen molar-refractivity contribution >= 4 is 34.2 Å². The monoisotopic (exact) mass is 341 g/mol. The molecule has 0 saturated heterocycles. The van der Waals surface area contributed by atoms with Crippen LogP contribution in [0.1, 0.15) is 6.92 Å². The molecule has 3 aromatic rings. The van der Waals surface area contributed by atoms with Crippen LogP contribution in [0.25, 0.3) is 11.0 Å². The van der Waals surface area contributed by atoms with Crippen molar-refractivity contribution in [2.24, 2.45) is 0 Å². The molecular formula is C15H15N7O3. The largest absolute Gasteiger partial charge is 0.394 e. The molecule has 10 heteroatoms. The fourth-order valence-electron chi connectivity index (χ4n) is 2.12. The van der Waals surface area contributed by atoms with Gasteiger partial charge in [-0.3, -0.25) is 10.1 Å². The average Bonchev–Trinajstić information content (AvgIpc) is 2.62. The number of nitrogens with one attached hydrogen (secondary N) is 2. The normalized spacial score (nSPS) is 11.9. The molecule has 0 amide bonds. The summed E-state index contributed by atoms with van der Waals surface area (Å²) < 4.78 is 0. The lowest BCUT2D eigenvalue weighted by atomic mass is 10.2. The highest BCUT2D eigenvalue weighted by Gasteiger charge is 2.11. The van der Waals surface area contributed by atoms with Gasteiger partial charge in [-0.1, -0.05) is 6.07 Å². The first-order chi connectivity index (χ1) is 12.1. The number of aliphatic hydroxyl groups is 1. The van der Waals surface area contributed by atoms with Gasteiger partial charge in [0, 0.05) is 23.9 Å². The number of rotatable bonds is 6. The Kier molecular flexibility index (Phi) is 4.61. The number of aliphatic hydroxyl groups excluding tert-OH is 1. The van der Waals surface area contributed by atoms with E-state index in [1.165, 1.54) is 24.7 Å². The summed E-state index contributed by atoms with van der Waals surface area (Å²) in [7, 11) is 0. The molecule has 1 atom stereocenters. The average molecular weight is 341 g/mol. The zero-order valence-corrected chi connectivity index (χ0v) is 13.2. The lowest BCUT2D eigenvalue weighted by molar-refractivity contribution is -0.384. The summed E-state index contributed by atoms with van der Waals surface area (Å²) in [6, 6.07) is 5.87. The van der Waals surface area contributed by atoms with Crippen molar-refractivity contribution in [2.75, 3.05) is 17.2 Å². The Morgan fingerprint density at radius 3 is 2.92 bits per heavy atom. The van der Waals surface area contributed by atoms with Crippen molar-refractivity contribution in [2.45, 2.75) is 13.0 Å². The Balaban J connectivity index is 1.96. The van der Waals surface area contributed by atoms with Gasteiger partial charge >= 0.3 is 0 Å². The smallest absolute Gasteiger partial charge is 0.271 e. The number of hydrogen-bond acceptors (Lipinski definition) is 9. The number of nitro benzene ring substituents is 1. The number of benzene rings is 1. The molecule has 0 bridgehead atoms. The summed E-state index contributed by atoms with van der Waals surface area (Å²) in [6.45, 7) is 1.72. The van der Waals surface area contributed by atoms with Gasteiger partial charge in [0.2, 0.25) is 5.95 Å². The molecule has 0 radical (unpaired) electrons. The molecule has 3 rings (SSSR count). The standard InChI is InChI=1S/C15H15N7O3/c1-9(7-23)19-15-16-6-12-13(21-15)14(18-8-17-12)20-10-3-2-4-11(5-10)22(24)25/h2-6,8-9,23H,7H2,1H3,(H,16,19,21)(H,17,18,20). The number of non-ortho nitro benzene ring substituents is 1. The van der Waals surface area contributed by atoms with Crippen LogP contribution in [-0.2, 0) is 0 Å². The van der Waals surface area contributed by atoms with Gasteiger partial charge in [0.15, 0.2) is 5.82 Å². The molecule has 0 aliphatic rings. The van der Waals surface area contributed by atoms with E-state index in [0.29, 0.717) is 28.5 Å². The Labute approximate surface area is 142 Å². The van der Waals surface area contributed by atoms with E-state index in [4.69, 9.17) is 5.11 Å². The quantitative estimate of drug-likeness (QED) is 0.452. The van der Waals surface area contributed by atoms with E-state index >= 15 is 0 Å². The fourth-order valence-corrected chi connectivity index (χ4v) is 2.12. The second kappa shape index (κ2) is 7.01. The third kappa shape index (κ3) is 3.75. The van der Waals surface area contributed by atoms with Gasteiger partial charge in [0.05, 0.1) is 17.7 Å². The Morgan fingerprint density at radius 1 is 1.32 bits per heavy atom. The highest BCUT2D eigenvalue weighted by molar-refractivity contribution is 5.87. The second-order valence-corrected chi connectivity index (χ2v) is 5.31. The SMILES string of the molecule is CC(CO)Nc1ncc2ncnc(Nc3cccc([N+](=O)[O-])c3)c2n1. The molecule has 0 aliphatic heterocycles. The minimum Gasteiger partial charge on any atom is -0.394 e. The van der Waals surface area contributed by atoms with Crippen LogP contribution in [0.3, 0.4) is 0 Å². The Hall–Kier alpha value is -3.40. The molecule has 3 N–H and O–H groups in total. The Bertz CT molecular complexity index is 919. The van der Waals surface area contributed by atoms with E-state index in [2.05, 4.69) is 30.6 Å². The Morgan fingerprint density at radius 2 is 2.16 bits per heavy atom. The molecule has 25 heavy (non-hydrogen) atoms. The molecule has 128 valence electrons. The van der Waals surface area contributed by atoms with Gasteiger partial charge in [0.25, 0.3) is 5.69 Å². The summed E-state index contributed by atoms with van der Waals surface area (Å²) in [5.41, 5.74) is 1.45. The minimum atomic E-state index is -0.469. The van der Waals surface area contributed by atoms with E-state index in [1.54, 1.807) is 19.1 Å². The predicted molar refractivity (Wildman–Crippen MR) is 91.7 cm³/mol. The van der Waals surface area contributed by atoms with E-state index < -0.39 is 4.92 Å². The summed E-state index contributed by atoms with van der Waals surface area (Å²) in [6.07, 6.45) is 2.89. The highest BCUT2D eigenvalue weighted by Crippen LogP contribution is 2.24. The molecule has 0 spiro atoms. The van der Waals surface area contributed by atoms with Crippen molar-refractivity contribution < 1.29 is 10.0 Å². The number of anilines is 3. The summed E-state index contributed by atoms with van der Waals surface area (Å²) >= 11 is 0. The van der Waals surface area contributed by atoms with Crippen LogP contribution in [0.5, 0.6) is 0 Å². The van der Waals surface area contributed by atoms with Gasteiger partial charge in [-0.15, -0.1) is 0 Å². The number of nitro groups is 1. The second-order valence-electron chi connectivity index (χ2n) is 5.31. The topological polar surface area (TPSA) is 139 Å². The van der Waals surface area contributed by atoms with Crippen LogP contribution in [0.4, 0.5) is 23.1 Å². The highest BCUT2D eigenvalue weighted by atomic mass is 16.6. The predicted octanol–water partition coefficient (Wildman–Crippen LogP) is 1.86. The fraction of sp³-hybridized carbons (Fsp3) is 0.200. The van der Waals surface area contributed by atoms with Crippen molar-refractivity contribution in [3.8, 4) is 0 Å². The number of hydrogen-bond donors (Lipinski definition) is 3. The maximum absolute atomic E-state index is 10.9. The van der Waals surface area contributed by atoms with E-state index in [9.17, 15) is 10.1 Å². The molecule has 2 aromatic heterocycles. The molecule has 10 nitrogen and oxygen atoms in total. The maximum atomic E-state index is 10.9. The van der Waals surface area contributed by atoms with E-state index in [1.807, 2.05) is 0 Å². The van der Waals surface area contributed by atoms with Crippen LogP contribution < -0.4 is 10.6 Å². The molecule has 1 aromatic carbocycles. The van der Waals surface area contributed by atoms with Gasteiger partial charge in [0.1, 0.15) is 17.4 Å². The lowest BCUT2D eigenvalue weighted by Crippen LogP contribution is -2.20. The third-order valence-electron chi connectivity index (χ3n) is 3.35. The molecule has 1 unspecified atom stereocenters. The van der Waals surface area contributed by atoms with Crippen molar-refractivity contribution in [1.82, 2.24) is 19.9 Å². The molecule has 2 heterocycles. The first kappa shape index (κ1) is 16.5. The van der Waals surface area contributed by atoms with Gasteiger partial charge in [-0.2, -0.15) is 0 Å². The van der Waals surface area contributed by atoms with E-state index in [-0.39, 0.29) is 18.3 Å². The lowest BCUT2D eigenvalue weighted by Gasteiger charge is -2.12. The van der Waals surface area contributed by atoms with Crippen molar-refractivity contribution in [3.05, 3.63) is 46.9 Å². The first-order valence-corrected chi connectivity index (χ1v) is 7.43. The van der Waals surface area contributed by atoms with Crippen LogP contribution in [0.15, 0.2) is 36.8 Å².